The van der Waals surface area contributed by atoms with Crippen molar-refractivity contribution in [2.45, 2.75) is 39.0 Å². The molecule has 0 N–H and O–H groups in total. The summed E-state index contributed by atoms with van der Waals surface area (Å²) in [5, 5.41) is 2.02. The van der Waals surface area contributed by atoms with Crippen molar-refractivity contribution in [2.24, 2.45) is 0 Å². The molecule has 0 unspecified atom stereocenters. The lowest BCUT2D eigenvalue weighted by Crippen LogP contribution is -2.06. The summed E-state index contributed by atoms with van der Waals surface area (Å²) in [6.45, 7) is 2.11. The minimum atomic E-state index is 0.279. The lowest BCUT2D eigenvalue weighted by Gasteiger charge is -2.11. The van der Waals surface area contributed by atoms with Crippen molar-refractivity contribution in [3.05, 3.63) is 33.5 Å². The van der Waals surface area contributed by atoms with Gasteiger partial charge in [-0.15, -0.1) is 11.3 Å². The number of aryl methyl sites for hydroxylation is 1. The van der Waals surface area contributed by atoms with Gasteiger partial charge in [-0.05, 0) is 54.7 Å². The highest BCUT2D eigenvalue weighted by molar-refractivity contribution is 7.12. The number of hydrogen-bond donors (Lipinski definition) is 0. The van der Waals surface area contributed by atoms with Crippen LogP contribution in [0.3, 0.4) is 0 Å². The summed E-state index contributed by atoms with van der Waals surface area (Å²) in [5.74, 6) is 0.279. The normalized spacial score (nSPS) is 16.2. The third-order valence-corrected chi connectivity index (χ3v) is 3.87. The number of ketones is 1. The Morgan fingerprint density at radius 3 is 3.00 bits per heavy atom. The minimum absolute atomic E-state index is 0.279. The average molecular weight is 220 g/mol. The first-order valence-electron chi connectivity index (χ1n) is 5.63. The molecule has 1 aromatic rings. The fraction of sp³-hybridized carbons (Fsp3) is 0.462. The zero-order valence-electron chi connectivity index (χ0n) is 9.08. The third kappa shape index (κ3) is 2.20. The molecule has 0 fully saturated rings. The Kier molecular flexibility index (Phi) is 3.37. The van der Waals surface area contributed by atoms with Gasteiger partial charge < -0.3 is 0 Å². The molecule has 0 saturated carbocycles. The highest BCUT2D eigenvalue weighted by Crippen LogP contribution is 2.26. The van der Waals surface area contributed by atoms with Crippen LogP contribution in [-0.4, -0.2) is 5.78 Å². The minimum Gasteiger partial charge on any atom is -0.288 e. The molecule has 0 spiro atoms. The van der Waals surface area contributed by atoms with Gasteiger partial charge in [-0.3, -0.25) is 4.79 Å². The van der Waals surface area contributed by atoms with Crippen LogP contribution in [0.4, 0.5) is 0 Å². The van der Waals surface area contributed by atoms with Gasteiger partial charge in [-0.1, -0.05) is 13.0 Å². The lowest BCUT2D eigenvalue weighted by atomic mass is 9.94. The monoisotopic (exact) mass is 220 g/mol. The molecule has 1 aliphatic carbocycles. The topological polar surface area (TPSA) is 17.1 Å². The standard InChI is InChI=1S/C13H16OS/c1-2-10-8-9-15-13(10)12(14)11-6-4-3-5-7-11/h6,8-9H,2-5,7H2,1H3. The molecule has 2 heteroatoms. The number of carbonyl (C=O) groups is 1. The molecule has 1 nitrogen and oxygen atoms in total. The van der Waals surface area contributed by atoms with Gasteiger partial charge in [0.15, 0.2) is 5.78 Å². The molecule has 0 saturated heterocycles. The van der Waals surface area contributed by atoms with Crippen molar-refractivity contribution < 1.29 is 4.79 Å². The van der Waals surface area contributed by atoms with Gasteiger partial charge in [0.2, 0.25) is 0 Å². The molecule has 0 aromatic carbocycles. The number of carbonyl (C=O) groups excluding carboxylic acids is 1. The van der Waals surface area contributed by atoms with E-state index in [2.05, 4.69) is 19.1 Å². The van der Waals surface area contributed by atoms with Crippen molar-refractivity contribution in [1.29, 1.82) is 0 Å². The second-order valence-electron chi connectivity index (χ2n) is 3.93. The Morgan fingerprint density at radius 1 is 1.47 bits per heavy atom. The van der Waals surface area contributed by atoms with E-state index in [1.165, 1.54) is 18.4 Å². The van der Waals surface area contributed by atoms with Crippen LogP contribution in [0.1, 0.15) is 47.8 Å². The maximum atomic E-state index is 12.2. The summed E-state index contributed by atoms with van der Waals surface area (Å²) in [6.07, 6.45) is 7.54. The molecule has 15 heavy (non-hydrogen) atoms. The molecule has 0 atom stereocenters. The van der Waals surface area contributed by atoms with Crippen LogP contribution in [0.2, 0.25) is 0 Å². The summed E-state index contributed by atoms with van der Waals surface area (Å²) in [4.78, 5) is 13.1. The van der Waals surface area contributed by atoms with Crippen LogP contribution in [0.5, 0.6) is 0 Å². The molecule has 2 rings (SSSR count). The van der Waals surface area contributed by atoms with Gasteiger partial charge in [-0.2, -0.15) is 0 Å². The SMILES string of the molecule is CCc1ccsc1C(=O)C1=CCCCC1. The second kappa shape index (κ2) is 4.75. The number of allylic oxidation sites excluding steroid dienone is 2. The van der Waals surface area contributed by atoms with E-state index in [1.54, 1.807) is 11.3 Å². The van der Waals surface area contributed by atoms with Gasteiger partial charge in [0.25, 0.3) is 0 Å². The Bertz CT molecular complexity index is 387. The molecule has 1 aromatic heterocycles. The number of hydrogen-bond acceptors (Lipinski definition) is 2. The van der Waals surface area contributed by atoms with E-state index in [-0.39, 0.29) is 5.78 Å². The zero-order chi connectivity index (χ0) is 10.7. The molecular formula is C13H16OS. The fourth-order valence-electron chi connectivity index (χ4n) is 2.00. The highest BCUT2D eigenvalue weighted by atomic mass is 32.1. The Balaban J connectivity index is 2.23. The van der Waals surface area contributed by atoms with E-state index in [0.717, 1.165) is 29.7 Å². The second-order valence-corrected chi connectivity index (χ2v) is 4.85. The third-order valence-electron chi connectivity index (χ3n) is 2.92. The highest BCUT2D eigenvalue weighted by Gasteiger charge is 2.17. The van der Waals surface area contributed by atoms with Crippen LogP contribution in [0.15, 0.2) is 23.1 Å². The number of thiophene rings is 1. The van der Waals surface area contributed by atoms with Gasteiger partial charge in [-0.25, -0.2) is 0 Å². The molecule has 0 aliphatic heterocycles. The van der Waals surface area contributed by atoms with Crippen LogP contribution in [0, 0.1) is 0 Å². The van der Waals surface area contributed by atoms with E-state index in [4.69, 9.17) is 0 Å². The summed E-state index contributed by atoms with van der Waals surface area (Å²) in [7, 11) is 0. The van der Waals surface area contributed by atoms with E-state index in [0.29, 0.717) is 0 Å². The summed E-state index contributed by atoms with van der Waals surface area (Å²) >= 11 is 1.59. The Morgan fingerprint density at radius 2 is 2.33 bits per heavy atom. The molecular weight excluding hydrogens is 204 g/mol. The largest absolute Gasteiger partial charge is 0.288 e. The van der Waals surface area contributed by atoms with Gasteiger partial charge in [0, 0.05) is 0 Å². The van der Waals surface area contributed by atoms with Crippen LogP contribution >= 0.6 is 11.3 Å². The van der Waals surface area contributed by atoms with Crippen LogP contribution in [-0.2, 0) is 6.42 Å². The van der Waals surface area contributed by atoms with Crippen molar-refractivity contribution >= 4 is 17.1 Å². The molecule has 0 radical (unpaired) electrons. The quantitative estimate of drug-likeness (QED) is 0.704. The average Bonchev–Trinajstić information content (AvgIpc) is 2.77. The number of Topliss-reactive ketones (excluding diaryl/α,β-unsaturated/α-hetero) is 1. The smallest absolute Gasteiger partial charge is 0.198 e. The van der Waals surface area contributed by atoms with Gasteiger partial charge in [0.1, 0.15) is 0 Å². The first-order chi connectivity index (χ1) is 7.33. The number of rotatable bonds is 3. The maximum absolute atomic E-state index is 12.2. The van der Waals surface area contributed by atoms with Crippen molar-refractivity contribution in [2.75, 3.05) is 0 Å². The molecule has 1 heterocycles. The van der Waals surface area contributed by atoms with E-state index >= 15 is 0 Å². The lowest BCUT2D eigenvalue weighted by molar-refractivity contribution is 0.103. The van der Waals surface area contributed by atoms with E-state index in [9.17, 15) is 4.79 Å². The van der Waals surface area contributed by atoms with Crippen molar-refractivity contribution in [3.63, 3.8) is 0 Å². The summed E-state index contributed by atoms with van der Waals surface area (Å²) in [5.41, 5.74) is 2.25. The fourth-order valence-corrected chi connectivity index (χ4v) is 2.97. The Hall–Kier alpha value is -0.890. The van der Waals surface area contributed by atoms with Crippen LogP contribution in [0.25, 0.3) is 0 Å². The van der Waals surface area contributed by atoms with Crippen molar-refractivity contribution in [1.82, 2.24) is 0 Å². The zero-order valence-corrected chi connectivity index (χ0v) is 9.90. The van der Waals surface area contributed by atoms with Crippen LogP contribution < -0.4 is 0 Å². The predicted octanol–water partition coefficient (Wildman–Crippen LogP) is 3.99. The van der Waals surface area contributed by atoms with Gasteiger partial charge in [0.05, 0.1) is 4.88 Å². The van der Waals surface area contributed by atoms with E-state index < -0.39 is 0 Å². The van der Waals surface area contributed by atoms with Gasteiger partial charge >= 0.3 is 0 Å². The maximum Gasteiger partial charge on any atom is 0.198 e. The molecule has 0 bridgehead atoms. The molecule has 80 valence electrons. The first kappa shape index (κ1) is 10.6. The summed E-state index contributed by atoms with van der Waals surface area (Å²) in [6, 6.07) is 2.07. The molecule has 1 aliphatic rings. The summed E-state index contributed by atoms with van der Waals surface area (Å²) < 4.78 is 0. The van der Waals surface area contributed by atoms with Crippen molar-refractivity contribution in [3.8, 4) is 0 Å². The Labute approximate surface area is 94.8 Å². The molecule has 0 amide bonds. The predicted molar refractivity (Wildman–Crippen MR) is 64.6 cm³/mol. The van der Waals surface area contributed by atoms with E-state index in [1.807, 2.05) is 5.38 Å². The first-order valence-corrected chi connectivity index (χ1v) is 6.51.